The van der Waals surface area contributed by atoms with E-state index in [0.717, 1.165) is 0 Å². The molecule has 2 unspecified atom stereocenters. The second-order valence-electron chi connectivity index (χ2n) is 3.44. The standard InChI is InChI=1S/C9H18F3P/c1-4-8(5-2,6-3)7(13)9(10,11)12/h7H,4-6,13H2,1-3H3. The third kappa shape index (κ3) is 2.83. The number of hydrogen-bond acceptors (Lipinski definition) is 0. The van der Waals surface area contributed by atoms with Crippen molar-refractivity contribution < 1.29 is 13.2 Å². The summed E-state index contributed by atoms with van der Waals surface area (Å²) in [5.74, 6) is 0. The van der Waals surface area contributed by atoms with E-state index in [4.69, 9.17) is 0 Å². The second-order valence-corrected chi connectivity index (χ2v) is 4.11. The van der Waals surface area contributed by atoms with Gasteiger partial charge in [0.15, 0.2) is 0 Å². The summed E-state index contributed by atoms with van der Waals surface area (Å²) in [6.45, 7) is 5.49. The average molecular weight is 214 g/mol. The van der Waals surface area contributed by atoms with E-state index in [1.165, 1.54) is 0 Å². The van der Waals surface area contributed by atoms with E-state index in [1.807, 2.05) is 30.0 Å². The first kappa shape index (κ1) is 13.2. The van der Waals surface area contributed by atoms with Crippen LogP contribution in [0.4, 0.5) is 13.2 Å². The van der Waals surface area contributed by atoms with Crippen molar-refractivity contribution in [3.8, 4) is 0 Å². The van der Waals surface area contributed by atoms with Crippen LogP contribution in [0.2, 0.25) is 0 Å². The third-order valence-corrected chi connectivity index (χ3v) is 4.21. The Bertz CT molecular complexity index is 141. The lowest BCUT2D eigenvalue weighted by atomic mass is 9.76. The smallest absolute Gasteiger partial charge is 0.170 e. The molecule has 0 bridgehead atoms. The molecule has 0 nitrogen and oxygen atoms in total. The molecule has 0 heterocycles. The Hall–Kier alpha value is 0.220. The first-order chi connectivity index (χ1) is 5.84. The van der Waals surface area contributed by atoms with Crippen molar-refractivity contribution in [2.75, 3.05) is 0 Å². The molecule has 0 aliphatic heterocycles. The highest BCUT2D eigenvalue weighted by Crippen LogP contribution is 2.46. The summed E-state index contributed by atoms with van der Waals surface area (Å²) < 4.78 is 37.5. The molecule has 2 atom stereocenters. The number of halogens is 3. The van der Waals surface area contributed by atoms with Crippen LogP contribution < -0.4 is 0 Å². The first-order valence-corrected chi connectivity index (χ1v) is 5.33. The molecule has 0 rings (SSSR count). The minimum atomic E-state index is -4.09. The van der Waals surface area contributed by atoms with Crippen molar-refractivity contribution >= 4 is 9.24 Å². The Labute approximate surface area is 80.5 Å². The van der Waals surface area contributed by atoms with E-state index in [0.29, 0.717) is 19.3 Å². The van der Waals surface area contributed by atoms with Gasteiger partial charge in [0.25, 0.3) is 0 Å². The van der Waals surface area contributed by atoms with Crippen molar-refractivity contribution in [3.63, 3.8) is 0 Å². The van der Waals surface area contributed by atoms with Crippen LogP contribution in [-0.4, -0.2) is 11.8 Å². The molecule has 0 saturated heterocycles. The fraction of sp³-hybridized carbons (Fsp3) is 1.00. The van der Waals surface area contributed by atoms with Crippen LogP contribution in [0.1, 0.15) is 40.0 Å². The molecule has 0 fully saturated rings. The van der Waals surface area contributed by atoms with E-state index in [9.17, 15) is 13.2 Å². The van der Waals surface area contributed by atoms with E-state index >= 15 is 0 Å². The molecule has 0 N–H and O–H groups in total. The van der Waals surface area contributed by atoms with Gasteiger partial charge < -0.3 is 0 Å². The minimum Gasteiger partial charge on any atom is -0.170 e. The van der Waals surface area contributed by atoms with Gasteiger partial charge >= 0.3 is 6.18 Å². The normalized spacial score (nSPS) is 15.9. The highest BCUT2D eigenvalue weighted by atomic mass is 31.0. The number of hydrogen-bond donors (Lipinski definition) is 0. The van der Waals surface area contributed by atoms with E-state index < -0.39 is 17.3 Å². The van der Waals surface area contributed by atoms with Crippen LogP contribution >= 0.6 is 9.24 Å². The van der Waals surface area contributed by atoms with Crippen molar-refractivity contribution in [1.82, 2.24) is 0 Å². The Morgan fingerprint density at radius 3 is 1.38 bits per heavy atom. The quantitative estimate of drug-likeness (QED) is 0.620. The largest absolute Gasteiger partial charge is 0.395 e. The van der Waals surface area contributed by atoms with Crippen LogP contribution in [0.25, 0.3) is 0 Å². The lowest BCUT2D eigenvalue weighted by molar-refractivity contribution is -0.153. The van der Waals surface area contributed by atoms with Crippen LogP contribution in [0.15, 0.2) is 0 Å². The Morgan fingerprint density at radius 1 is 1.00 bits per heavy atom. The summed E-state index contributed by atoms with van der Waals surface area (Å²) in [6.07, 6.45) is -2.36. The maximum Gasteiger partial charge on any atom is 0.395 e. The van der Waals surface area contributed by atoms with Crippen molar-refractivity contribution in [2.24, 2.45) is 5.41 Å². The zero-order valence-electron chi connectivity index (χ0n) is 8.41. The molecule has 0 saturated carbocycles. The van der Waals surface area contributed by atoms with Gasteiger partial charge in [0, 0.05) is 0 Å². The summed E-state index contributed by atoms with van der Waals surface area (Å²) >= 11 is 0. The van der Waals surface area contributed by atoms with Gasteiger partial charge in [-0.1, -0.05) is 20.8 Å². The molecule has 0 aromatic rings. The van der Waals surface area contributed by atoms with Gasteiger partial charge in [0.05, 0.1) is 5.66 Å². The summed E-state index contributed by atoms with van der Waals surface area (Å²) in [4.78, 5) is 0. The molecule has 80 valence electrons. The SMILES string of the molecule is CCC(CC)(CC)C(P)C(F)(F)F. The van der Waals surface area contributed by atoms with Gasteiger partial charge in [-0.3, -0.25) is 0 Å². The Kier molecular flexibility index (Phi) is 4.71. The molecule has 0 amide bonds. The topological polar surface area (TPSA) is 0 Å². The molecule has 4 heteroatoms. The van der Waals surface area contributed by atoms with Crippen LogP contribution in [0, 0.1) is 5.41 Å². The zero-order valence-corrected chi connectivity index (χ0v) is 9.56. The molecule has 0 aliphatic rings. The number of rotatable bonds is 4. The first-order valence-electron chi connectivity index (χ1n) is 4.66. The van der Waals surface area contributed by atoms with Gasteiger partial charge in [-0.25, -0.2) is 0 Å². The molecule has 0 radical (unpaired) electrons. The fourth-order valence-electron chi connectivity index (χ4n) is 1.76. The molecule has 0 spiro atoms. The van der Waals surface area contributed by atoms with Gasteiger partial charge in [0.2, 0.25) is 0 Å². The molecular formula is C9H18F3P. The van der Waals surface area contributed by atoms with Crippen LogP contribution in [0.3, 0.4) is 0 Å². The molecular weight excluding hydrogens is 196 g/mol. The maximum atomic E-state index is 12.5. The predicted molar refractivity (Wildman–Crippen MR) is 52.9 cm³/mol. The van der Waals surface area contributed by atoms with E-state index in [1.54, 1.807) is 0 Å². The van der Waals surface area contributed by atoms with Crippen molar-refractivity contribution in [2.45, 2.75) is 51.9 Å². The fourth-order valence-corrected chi connectivity index (χ4v) is 2.46. The lowest BCUT2D eigenvalue weighted by Crippen LogP contribution is -2.40. The number of alkyl halides is 3. The summed E-state index contributed by atoms with van der Waals surface area (Å²) in [5.41, 5.74) is -1.87. The molecule has 0 aromatic heterocycles. The second kappa shape index (κ2) is 4.63. The van der Waals surface area contributed by atoms with E-state index in [2.05, 4.69) is 0 Å². The van der Waals surface area contributed by atoms with Gasteiger partial charge in [-0.05, 0) is 24.7 Å². The van der Waals surface area contributed by atoms with Crippen molar-refractivity contribution in [3.05, 3.63) is 0 Å². The molecule has 0 aliphatic carbocycles. The predicted octanol–water partition coefficient (Wildman–Crippen LogP) is 4.01. The monoisotopic (exact) mass is 214 g/mol. The van der Waals surface area contributed by atoms with Gasteiger partial charge in [-0.2, -0.15) is 13.2 Å². The molecule has 13 heavy (non-hydrogen) atoms. The van der Waals surface area contributed by atoms with Crippen molar-refractivity contribution in [1.29, 1.82) is 0 Å². The zero-order chi connectivity index (χ0) is 10.7. The minimum absolute atomic E-state index is 0.577. The summed E-state index contributed by atoms with van der Waals surface area (Å²) in [5, 5.41) is 0. The average Bonchev–Trinajstić information content (AvgIpc) is 2.07. The van der Waals surface area contributed by atoms with E-state index in [-0.39, 0.29) is 0 Å². The Balaban J connectivity index is 4.73. The summed E-state index contributed by atoms with van der Waals surface area (Å²) in [6, 6.07) is 0. The highest BCUT2D eigenvalue weighted by Gasteiger charge is 2.47. The third-order valence-electron chi connectivity index (χ3n) is 3.12. The van der Waals surface area contributed by atoms with Crippen LogP contribution in [0.5, 0.6) is 0 Å². The molecule has 0 aromatic carbocycles. The van der Waals surface area contributed by atoms with Crippen LogP contribution in [-0.2, 0) is 0 Å². The Morgan fingerprint density at radius 2 is 1.31 bits per heavy atom. The maximum absolute atomic E-state index is 12.5. The highest BCUT2D eigenvalue weighted by molar-refractivity contribution is 7.17. The van der Waals surface area contributed by atoms with Gasteiger partial charge in [-0.15, -0.1) is 9.24 Å². The lowest BCUT2D eigenvalue weighted by Gasteiger charge is -2.37. The summed E-state index contributed by atoms with van der Waals surface area (Å²) in [7, 11) is 1.96. The van der Waals surface area contributed by atoms with Gasteiger partial charge in [0.1, 0.15) is 0 Å².